The highest BCUT2D eigenvalue weighted by Gasteiger charge is 2.17. The van der Waals surface area contributed by atoms with Crippen molar-refractivity contribution in [3.63, 3.8) is 0 Å². The first-order valence-corrected chi connectivity index (χ1v) is 12.1. The maximum atomic E-state index is 12.1. The molecule has 0 unspecified atom stereocenters. The van der Waals surface area contributed by atoms with Crippen LogP contribution in [0.5, 0.6) is 17.4 Å². The Morgan fingerprint density at radius 1 is 1.03 bits per heavy atom. The molecule has 2 aromatic rings. The van der Waals surface area contributed by atoms with Gasteiger partial charge in [0.2, 0.25) is 11.8 Å². The maximum absolute atomic E-state index is 12.1. The number of nitrogens with one attached hydrogen (secondary N) is 1. The Balaban J connectivity index is 1.92. The molecule has 0 radical (unpaired) electrons. The average Bonchev–Trinajstić information content (AvgIpc) is 2.72. The molecule has 30 heavy (non-hydrogen) atoms. The summed E-state index contributed by atoms with van der Waals surface area (Å²) in [6.45, 7) is 4.82. The molecule has 164 valence electrons. The van der Waals surface area contributed by atoms with Gasteiger partial charge in [-0.1, -0.05) is 32.8 Å². The van der Waals surface area contributed by atoms with Gasteiger partial charge in [-0.2, -0.15) is 0 Å². The van der Waals surface area contributed by atoms with Crippen LogP contribution in [0.15, 0.2) is 42.6 Å². The molecule has 0 atom stereocenters. The number of carbonyl (C=O) groups is 1. The van der Waals surface area contributed by atoms with Gasteiger partial charge < -0.3 is 14.8 Å². The number of hydrogen-bond acceptors (Lipinski definition) is 6. The van der Waals surface area contributed by atoms with Crippen molar-refractivity contribution in [1.29, 1.82) is 0 Å². The quantitative estimate of drug-likeness (QED) is 0.481. The molecule has 1 amide bonds. The number of unbranched alkanes of at least 4 members (excludes halogenated alkanes) is 2. The Labute approximate surface area is 178 Å². The van der Waals surface area contributed by atoms with Crippen LogP contribution >= 0.6 is 0 Å². The van der Waals surface area contributed by atoms with Crippen molar-refractivity contribution in [3.8, 4) is 17.4 Å². The number of nitrogens with zero attached hydrogens (tertiary/aromatic N) is 1. The van der Waals surface area contributed by atoms with Crippen LogP contribution in [-0.2, 0) is 21.2 Å². The van der Waals surface area contributed by atoms with Crippen molar-refractivity contribution in [2.75, 3.05) is 18.1 Å². The molecule has 1 heterocycles. The lowest BCUT2D eigenvalue weighted by Crippen LogP contribution is -2.31. The molecule has 1 aromatic heterocycles. The number of amides is 1. The van der Waals surface area contributed by atoms with Crippen LogP contribution in [0.1, 0.15) is 45.1 Å². The lowest BCUT2D eigenvalue weighted by molar-refractivity contribution is -0.118. The van der Waals surface area contributed by atoms with E-state index in [0.717, 1.165) is 25.0 Å². The molecule has 0 aliphatic heterocycles. The number of rotatable bonds is 13. The second kappa shape index (κ2) is 12.2. The molecular weight excluding hydrogens is 404 g/mol. The minimum atomic E-state index is -3.40. The molecule has 7 nitrogen and oxygen atoms in total. The second-order valence-electron chi connectivity index (χ2n) is 6.97. The first-order valence-electron chi connectivity index (χ1n) is 10.2. The summed E-state index contributed by atoms with van der Waals surface area (Å²) in [5, 5.41) is 2.65. The third kappa shape index (κ3) is 8.41. The van der Waals surface area contributed by atoms with E-state index in [1.807, 2.05) is 26.0 Å². The summed E-state index contributed by atoms with van der Waals surface area (Å²) < 4.78 is 35.4. The number of ether oxygens (including phenoxy) is 2. The minimum Gasteiger partial charge on any atom is -0.494 e. The van der Waals surface area contributed by atoms with Crippen LogP contribution in [-0.4, -0.2) is 37.4 Å². The molecule has 8 heteroatoms. The smallest absolute Gasteiger partial charge is 0.235 e. The first kappa shape index (κ1) is 23.7. The van der Waals surface area contributed by atoms with Gasteiger partial charge >= 0.3 is 0 Å². The van der Waals surface area contributed by atoms with Crippen molar-refractivity contribution >= 4 is 15.7 Å². The zero-order chi connectivity index (χ0) is 21.8. The highest BCUT2D eigenvalue weighted by atomic mass is 32.2. The van der Waals surface area contributed by atoms with Crippen LogP contribution in [0, 0.1) is 0 Å². The number of carbonyl (C=O) groups excluding carboxylic acids is 1. The van der Waals surface area contributed by atoms with Crippen molar-refractivity contribution in [2.45, 2.75) is 46.1 Å². The number of pyridine rings is 1. The summed E-state index contributed by atoms with van der Waals surface area (Å²) in [4.78, 5) is 16.3. The molecular formula is C22H30N2O5S. The van der Waals surface area contributed by atoms with E-state index in [9.17, 15) is 13.2 Å². The van der Waals surface area contributed by atoms with Gasteiger partial charge in [0.05, 0.1) is 12.4 Å². The molecule has 0 spiro atoms. The largest absolute Gasteiger partial charge is 0.494 e. The van der Waals surface area contributed by atoms with Gasteiger partial charge in [0.1, 0.15) is 17.3 Å². The Morgan fingerprint density at radius 3 is 2.47 bits per heavy atom. The van der Waals surface area contributed by atoms with E-state index in [1.165, 1.54) is 0 Å². The summed E-state index contributed by atoms with van der Waals surface area (Å²) in [7, 11) is -3.40. The second-order valence-corrected chi connectivity index (χ2v) is 9.15. The summed E-state index contributed by atoms with van der Waals surface area (Å²) >= 11 is 0. The van der Waals surface area contributed by atoms with Crippen LogP contribution in [0.25, 0.3) is 0 Å². The minimum absolute atomic E-state index is 0.0352. The molecule has 0 fully saturated rings. The Kier molecular flexibility index (Phi) is 9.60. The van der Waals surface area contributed by atoms with Gasteiger partial charge in [-0.25, -0.2) is 13.4 Å². The third-order valence-corrected chi connectivity index (χ3v) is 5.86. The van der Waals surface area contributed by atoms with Gasteiger partial charge in [0.25, 0.3) is 0 Å². The van der Waals surface area contributed by atoms with Gasteiger partial charge in [0.15, 0.2) is 9.84 Å². The number of hydrogen-bond donors (Lipinski definition) is 1. The predicted molar refractivity (Wildman–Crippen MR) is 117 cm³/mol. The SMILES string of the molecule is CCCCCS(=O)(=O)CC(=O)NCc1cccnc1Oc1ccc(OCCC)cc1. The standard InChI is InChI=1S/C22H30N2O5S/c1-3-5-6-15-30(26,27)17-21(25)24-16-18-8-7-13-23-22(18)29-20-11-9-19(10-12-20)28-14-4-2/h7-13H,3-6,14-17H2,1-2H3,(H,24,25). The van der Waals surface area contributed by atoms with Gasteiger partial charge in [-0.3, -0.25) is 4.79 Å². The Bertz CT molecular complexity index is 898. The summed E-state index contributed by atoms with van der Waals surface area (Å²) in [5.41, 5.74) is 0.653. The van der Waals surface area contributed by atoms with E-state index in [0.29, 0.717) is 30.2 Å². The lowest BCUT2D eigenvalue weighted by atomic mass is 10.2. The van der Waals surface area contributed by atoms with Crippen LogP contribution < -0.4 is 14.8 Å². The zero-order valence-electron chi connectivity index (χ0n) is 17.6. The molecule has 0 bridgehead atoms. The van der Waals surface area contributed by atoms with E-state index < -0.39 is 21.5 Å². The van der Waals surface area contributed by atoms with Gasteiger partial charge in [-0.15, -0.1) is 0 Å². The van der Waals surface area contributed by atoms with E-state index >= 15 is 0 Å². The van der Waals surface area contributed by atoms with E-state index in [4.69, 9.17) is 9.47 Å². The average molecular weight is 435 g/mol. The van der Waals surface area contributed by atoms with Crippen LogP contribution in [0.3, 0.4) is 0 Å². The highest BCUT2D eigenvalue weighted by molar-refractivity contribution is 7.92. The first-order chi connectivity index (χ1) is 14.4. The van der Waals surface area contributed by atoms with Crippen LogP contribution in [0.2, 0.25) is 0 Å². The Hall–Kier alpha value is -2.61. The zero-order valence-corrected chi connectivity index (χ0v) is 18.4. The van der Waals surface area contributed by atoms with Crippen molar-refractivity contribution in [3.05, 3.63) is 48.2 Å². The Morgan fingerprint density at radius 2 is 1.77 bits per heavy atom. The predicted octanol–water partition coefficient (Wildman–Crippen LogP) is 3.88. The molecule has 2 rings (SSSR count). The van der Waals surface area contributed by atoms with Crippen molar-refractivity contribution in [2.24, 2.45) is 0 Å². The summed E-state index contributed by atoms with van der Waals surface area (Å²) in [6, 6.07) is 10.7. The van der Waals surface area contributed by atoms with Gasteiger partial charge in [-0.05, 0) is 43.2 Å². The number of benzene rings is 1. The van der Waals surface area contributed by atoms with E-state index in [1.54, 1.807) is 30.5 Å². The maximum Gasteiger partial charge on any atom is 0.235 e. The summed E-state index contributed by atoms with van der Waals surface area (Å²) in [5.74, 6) is 0.700. The fraction of sp³-hybridized carbons (Fsp3) is 0.455. The highest BCUT2D eigenvalue weighted by Crippen LogP contribution is 2.25. The molecule has 0 aliphatic rings. The molecule has 0 saturated heterocycles. The van der Waals surface area contributed by atoms with E-state index in [-0.39, 0.29) is 12.3 Å². The third-order valence-electron chi connectivity index (χ3n) is 4.25. The molecule has 0 aliphatic carbocycles. The van der Waals surface area contributed by atoms with Crippen molar-refractivity contribution < 1.29 is 22.7 Å². The molecule has 1 aromatic carbocycles. The fourth-order valence-corrected chi connectivity index (χ4v) is 3.96. The van der Waals surface area contributed by atoms with Crippen LogP contribution in [0.4, 0.5) is 0 Å². The number of aromatic nitrogens is 1. The molecule has 1 N–H and O–H groups in total. The topological polar surface area (TPSA) is 94.6 Å². The van der Waals surface area contributed by atoms with Gasteiger partial charge in [0, 0.05) is 18.3 Å². The monoisotopic (exact) mass is 434 g/mol. The summed E-state index contributed by atoms with van der Waals surface area (Å²) in [6.07, 6.45) is 4.87. The van der Waals surface area contributed by atoms with Crippen molar-refractivity contribution in [1.82, 2.24) is 10.3 Å². The lowest BCUT2D eigenvalue weighted by Gasteiger charge is -2.12. The van der Waals surface area contributed by atoms with E-state index in [2.05, 4.69) is 10.3 Å². The fourth-order valence-electron chi connectivity index (χ4n) is 2.67. The number of sulfone groups is 1. The molecule has 0 saturated carbocycles. The normalized spacial score (nSPS) is 11.1.